The van der Waals surface area contributed by atoms with E-state index in [1.54, 1.807) is 0 Å². The van der Waals surface area contributed by atoms with Crippen molar-refractivity contribution in [1.82, 2.24) is 5.32 Å². The predicted molar refractivity (Wildman–Crippen MR) is 77.2 cm³/mol. The summed E-state index contributed by atoms with van der Waals surface area (Å²) in [5, 5.41) is 22.1. The Kier molecular flexibility index (Phi) is 9.43. The third-order valence-electron chi connectivity index (χ3n) is 3.87. The first-order valence-corrected chi connectivity index (χ1v) is 7.87. The molecule has 0 aromatic rings. The van der Waals surface area contributed by atoms with Gasteiger partial charge < -0.3 is 20.3 Å². The van der Waals surface area contributed by atoms with Gasteiger partial charge in [-0.2, -0.15) is 0 Å². The van der Waals surface area contributed by atoms with E-state index in [0.717, 1.165) is 38.6 Å². The molecular weight excluding hydrogens is 242 g/mol. The molecular formula is C15H31NO3. The molecule has 0 bridgehead atoms. The van der Waals surface area contributed by atoms with Crippen molar-refractivity contribution in [2.24, 2.45) is 5.92 Å². The van der Waals surface area contributed by atoms with Gasteiger partial charge in [-0.25, -0.2) is 0 Å². The summed E-state index contributed by atoms with van der Waals surface area (Å²) >= 11 is 0. The molecule has 4 nitrogen and oxygen atoms in total. The lowest BCUT2D eigenvalue weighted by Crippen LogP contribution is -2.34. The Labute approximate surface area is 117 Å². The van der Waals surface area contributed by atoms with Crippen LogP contribution < -0.4 is 5.32 Å². The van der Waals surface area contributed by atoms with Gasteiger partial charge in [-0.15, -0.1) is 0 Å². The van der Waals surface area contributed by atoms with Crippen molar-refractivity contribution < 1.29 is 14.9 Å². The summed E-state index contributed by atoms with van der Waals surface area (Å²) in [7, 11) is 0. The fourth-order valence-corrected chi connectivity index (χ4v) is 2.75. The Morgan fingerprint density at radius 2 is 1.95 bits per heavy atom. The van der Waals surface area contributed by atoms with Crippen LogP contribution in [0.5, 0.6) is 0 Å². The van der Waals surface area contributed by atoms with Crippen molar-refractivity contribution in [2.75, 3.05) is 26.3 Å². The summed E-state index contributed by atoms with van der Waals surface area (Å²) in [6, 6.07) is 0. The summed E-state index contributed by atoms with van der Waals surface area (Å²) in [5.41, 5.74) is 0. The summed E-state index contributed by atoms with van der Waals surface area (Å²) in [6.45, 7) is 4.30. The molecule has 0 heterocycles. The third-order valence-corrected chi connectivity index (χ3v) is 3.87. The van der Waals surface area contributed by atoms with Gasteiger partial charge in [0.25, 0.3) is 0 Å². The van der Waals surface area contributed by atoms with Gasteiger partial charge in [-0.3, -0.25) is 0 Å². The zero-order chi connectivity index (χ0) is 13.9. The Hall–Kier alpha value is -0.160. The average Bonchev–Trinajstić information content (AvgIpc) is 2.90. The number of rotatable bonds is 11. The molecule has 1 aliphatic carbocycles. The molecule has 2 atom stereocenters. The van der Waals surface area contributed by atoms with Gasteiger partial charge in [0.05, 0.1) is 18.8 Å². The van der Waals surface area contributed by atoms with Gasteiger partial charge in [0.2, 0.25) is 0 Å². The fraction of sp³-hybridized carbons (Fsp3) is 1.00. The molecule has 0 saturated heterocycles. The van der Waals surface area contributed by atoms with E-state index in [0.29, 0.717) is 25.2 Å². The van der Waals surface area contributed by atoms with Crippen molar-refractivity contribution in [1.29, 1.82) is 0 Å². The maximum atomic E-state index is 9.85. The highest BCUT2D eigenvalue weighted by atomic mass is 16.5. The van der Waals surface area contributed by atoms with Crippen LogP contribution in [0.15, 0.2) is 0 Å². The van der Waals surface area contributed by atoms with E-state index in [2.05, 4.69) is 12.2 Å². The highest BCUT2D eigenvalue weighted by Crippen LogP contribution is 2.20. The third kappa shape index (κ3) is 7.88. The minimum absolute atomic E-state index is 0.250. The minimum Gasteiger partial charge on any atom is -0.396 e. The van der Waals surface area contributed by atoms with Gasteiger partial charge >= 0.3 is 0 Å². The average molecular weight is 273 g/mol. The quantitative estimate of drug-likeness (QED) is 0.536. The van der Waals surface area contributed by atoms with E-state index >= 15 is 0 Å². The van der Waals surface area contributed by atoms with Crippen LogP contribution in [0, 0.1) is 5.92 Å². The molecule has 19 heavy (non-hydrogen) atoms. The van der Waals surface area contributed by atoms with Crippen LogP contribution in [0.1, 0.15) is 51.9 Å². The molecule has 0 aromatic carbocycles. The van der Waals surface area contributed by atoms with Gasteiger partial charge in [0.15, 0.2) is 0 Å². The summed E-state index contributed by atoms with van der Waals surface area (Å²) in [5.74, 6) is 0.512. The van der Waals surface area contributed by atoms with Gasteiger partial charge in [0, 0.05) is 13.2 Å². The molecule has 3 N–H and O–H groups in total. The number of hydrogen-bond acceptors (Lipinski definition) is 4. The Morgan fingerprint density at radius 1 is 1.21 bits per heavy atom. The number of nitrogens with one attached hydrogen (secondary N) is 1. The molecule has 0 amide bonds. The molecule has 1 rings (SSSR count). The minimum atomic E-state index is -0.419. The van der Waals surface area contributed by atoms with Crippen molar-refractivity contribution in [3.05, 3.63) is 0 Å². The molecule has 0 aromatic heterocycles. The first-order chi connectivity index (χ1) is 9.26. The molecule has 0 spiro atoms. The first kappa shape index (κ1) is 16.9. The summed E-state index contributed by atoms with van der Waals surface area (Å²) in [6.07, 6.45) is 7.88. The number of aliphatic hydroxyl groups is 2. The molecule has 0 radical (unpaired) electrons. The highest BCUT2D eigenvalue weighted by molar-refractivity contribution is 4.69. The van der Waals surface area contributed by atoms with Crippen molar-refractivity contribution in [2.45, 2.75) is 64.1 Å². The molecule has 1 saturated carbocycles. The van der Waals surface area contributed by atoms with Crippen LogP contribution in [0.2, 0.25) is 0 Å². The van der Waals surface area contributed by atoms with E-state index in [-0.39, 0.29) is 6.61 Å². The second kappa shape index (κ2) is 10.6. The lowest BCUT2D eigenvalue weighted by atomic mass is 10.0. The van der Waals surface area contributed by atoms with Crippen LogP contribution in [0.3, 0.4) is 0 Å². The lowest BCUT2D eigenvalue weighted by Gasteiger charge is -2.19. The normalized spacial score (nSPS) is 19.7. The largest absolute Gasteiger partial charge is 0.396 e. The Balaban J connectivity index is 2.02. The first-order valence-electron chi connectivity index (χ1n) is 7.87. The lowest BCUT2D eigenvalue weighted by molar-refractivity contribution is -0.00570. The smallest absolute Gasteiger partial charge is 0.0897 e. The van der Waals surface area contributed by atoms with Crippen LogP contribution in [-0.2, 0) is 4.74 Å². The predicted octanol–water partition coefficient (Wildman–Crippen LogP) is 1.69. The second-order valence-corrected chi connectivity index (χ2v) is 5.72. The van der Waals surface area contributed by atoms with E-state index < -0.39 is 6.10 Å². The van der Waals surface area contributed by atoms with Crippen LogP contribution in [0.25, 0.3) is 0 Å². The molecule has 2 unspecified atom stereocenters. The fourth-order valence-electron chi connectivity index (χ4n) is 2.75. The molecule has 4 heteroatoms. The number of hydrogen-bond donors (Lipinski definition) is 3. The Bertz CT molecular complexity index is 202. The molecule has 1 aliphatic rings. The summed E-state index contributed by atoms with van der Waals surface area (Å²) < 4.78 is 5.69. The highest BCUT2D eigenvalue weighted by Gasteiger charge is 2.17. The van der Waals surface area contributed by atoms with E-state index in [1.807, 2.05) is 0 Å². The van der Waals surface area contributed by atoms with E-state index in [1.165, 1.54) is 12.8 Å². The van der Waals surface area contributed by atoms with Crippen molar-refractivity contribution >= 4 is 0 Å². The van der Waals surface area contributed by atoms with Gasteiger partial charge in [-0.05, 0) is 38.1 Å². The zero-order valence-electron chi connectivity index (χ0n) is 12.3. The van der Waals surface area contributed by atoms with E-state index in [9.17, 15) is 5.11 Å². The summed E-state index contributed by atoms with van der Waals surface area (Å²) in [4.78, 5) is 0. The van der Waals surface area contributed by atoms with Crippen molar-refractivity contribution in [3.63, 3.8) is 0 Å². The molecule has 1 fully saturated rings. The standard InChI is InChI=1S/C15H31NO3/c1-2-5-13(8-9-17)10-16-11-14(18)12-19-15-6-3-4-7-15/h13-18H,2-12H2,1H3. The van der Waals surface area contributed by atoms with Crippen LogP contribution in [-0.4, -0.2) is 48.7 Å². The molecule has 0 aliphatic heterocycles. The van der Waals surface area contributed by atoms with Crippen molar-refractivity contribution in [3.8, 4) is 0 Å². The maximum Gasteiger partial charge on any atom is 0.0897 e. The second-order valence-electron chi connectivity index (χ2n) is 5.72. The van der Waals surface area contributed by atoms with E-state index in [4.69, 9.17) is 9.84 Å². The number of ether oxygens (including phenoxy) is 1. The molecule has 114 valence electrons. The topological polar surface area (TPSA) is 61.7 Å². The Morgan fingerprint density at radius 3 is 2.58 bits per heavy atom. The zero-order valence-corrected chi connectivity index (χ0v) is 12.3. The monoisotopic (exact) mass is 273 g/mol. The van der Waals surface area contributed by atoms with Crippen LogP contribution >= 0.6 is 0 Å². The maximum absolute atomic E-state index is 9.85. The van der Waals surface area contributed by atoms with Gasteiger partial charge in [0.1, 0.15) is 0 Å². The number of aliphatic hydroxyl groups excluding tert-OH is 2. The van der Waals surface area contributed by atoms with Crippen LogP contribution in [0.4, 0.5) is 0 Å². The van der Waals surface area contributed by atoms with Gasteiger partial charge in [-0.1, -0.05) is 26.2 Å². The SMILES string of the molecule is CCCC(CCO)CNCC(O)COC1CCCC1.